The van der Waals surface area contributed by atoms with E-state index in [1.807, 2.05) is 0 Å². The molecule has 11 aromatic carbocycles. The average Bonchev–Trinajstić information content (AvgIpc) is 4.39. The third kappa shape index (κ3) is 10.9. The molecule has 0 aliphatic heterocycles. The molecule has 0 amide bonds. The van der Waals surface area contributed by atoms with Crippen molar-refractivity contribution >= 4 is 119 Å². The van der Waals surface area contributed by atoms with Crippen molar-refractivity contribution in [3.8, 4) is 17.1 Å². The van der Waals surface area contributed by atoms with Gasteiger partial charge in [-0.15, -0.1) is 0 Å². The summed E-state index contributed by atoms with van der Waals surface area (Å²) in [6, 6.07) is 90.6. The van der Waals surface area contributed by atoms with Gasteiger partial charge in [0.1, 0.15) is 5.82 Å². The third-order valence-electron chi connectivity index (χ3n) is 14.3. The summed E-state index contributed by atoms with van der Waals surface area (Å²) in [7, 11) is 0. The van der Waals surface area contributed by atoms with Crippen LogP contribution in [0.2, 0.25) is 0 Å². The maximum absolute atomic E-state index is 12.1. The van der Waals surface area contributed by atoms with E-state index in [1.54, 1.807) is 12.1 Å². The van der Waals surface area contributed by atoms with Gasteiger partial charge in [-0.1, -0.05) is 212 Å². The zero-order valence-corrected chi connectivity index (χ0v) is 49.0. The summed E-state index contributed by atoms with van der Waals surface area (Å²) in [5, 5.41) is 10.4. The Bertz CT molecular complexity index is 4470. The minimum absolute atomic E-state index is 0. The number of hydrogen-bond acceptors (Lipinski definition) is 0. The fourth-order valence-electron chi connectivity index (χ4n) is 10.8. The molecular formula is C71H58Br2FN4Na. The molecule has 0 aliphatic carbocycles. The first-order chi connectivity index (χ1) is 37.6. The van der Waals surface area contributed by atoms with E-state index in [1.165, 1.54) is 122 Å². The van der Waals surface area contributed by atoms with Gasteiger partial charge in [-0.05, 0) is 120 Å². The van der Waals surface area contributed by atoms with Crippen molar-refractivity contribution in [3.05, 3.63) is 281 Å². The Labute approximate surface area is 500 Å². The van der Waals surface area contributed by atoms with Crippen LogP contribution in [0, 0.1) is 5.82 Å². The molecule has 0 aliphatic rings. The van der Waals surface area contributed by atoms with E-state index < -0.39 is 0 Å². The Kier molecular flexibility index (Phi) is 16.3. The van der Waals surface area contributed by atoms with Gasteiger partial charge >= 0.3 is 29.6 Å². The number of rotatable bonds is 3. The minimum Gasteiger partial charge on any atom is -1.00 e. The van der Waals surface area contributed by atoms with Crippen molar-refractivity contribution in [1.29, 1.82) is 0 Å². The van der Waals surface area contributed by atoms with E-state index in [9.17, 15) is 4.39 Å². The van der Waals surface area contributed by atoms with E-state index >= 15 is 0 Å². The van der Waals surface area contributed by atoms with Crippen LogP contribution in [0.5, 0.6) is 0 Å². The molecule has 384 valence electrons. The van der Waals surface area contributed by atoms with Gasteiger partial charge in [0.2, 0.25) is 0 Å². The topological polar surface area (TPSA) is 30.6 Å². The average molecular weight is 1170 g/mol. The van der Waals surface area contributed by atoms with Gasteiger partial charge in [-0.2, -0.15) is 0 Å². The Morgan fingerprint density at radius 2 is 0.671 bits per heavy atom. The quantitative estimate of drug-likeness (QED) is 0.171. The number of benzene rings is 11. The number of aromatic nitrogens is 4. The summed E-state index contributed by atoms with van der Waals surface area (Å²) in [5.74, 6) is -0.209. The monoisotopic (exact) mass is 1170 g/mol. The van der Waals surface area contributed by atoms with Crippen LogP contribution in [-0.4, -0.2) is 18.7 Å². The first-order valence-corrected chi connectivity index (χ1v) is 27.4. The van der Waals surface area contributed by atoms with E-state index in [0.29, 0.717) is 0 Å². The zero-order valence-electron chi connectivity index (χ0n) is 44.8. The van der Waals surface area contributed by atoms with Crippen molar-refractivity contribution in [2.75, 3.05) is 0 Å². The molecule has 0 spiro atoms. The van der Waals surface area contributed by atoms with Crippen molar-refractivity contribution in [2.24, 2.45) is 0 Å². The molecule has 4 heterocycles. The summed E-state index contributed by atoms with van der Waals surface area (Å²) in [4.78, 5) is 3.38. The molecule has 15 aromatic rings. The molecular weight excluding hydrogens is 1110 g/mol. The molecule has 15 rings (SSSR count). The Balaban J connectivity index is 0.000000147. The Morgan fingerprint density at radius 3 is 1.05 bits per heavy atom. The number of H-pyrrole nitrogens is 1. The van der Waals surface area contributed by atoms with E-state index in [2.05, 4.69) is 308 Å². The molecule has 0 saturated heterocycles. The fourth-order valence-corrected chi connectivity index (χ4v) is 11.5. The van der Waals surface area contributed by atoms with Gasteiger partial charge in [0, 0.05) is 80.1 Å². The minimum atomic E-state index is -0.209. The van der Waals surface area contributed by atoms with Crippen LogP contribution in [0.4, 0.5) is 4.39 Å². The smallest absolute Gasteiger partial charge is 1.00 e. The largest absolute Gasteiger partial charge is 1.00 e. The normalized spacial score (nSPS) is 11.2. The molecule has 0 fully saturated rings. The third-order valence-corrected chi connectivity index (χ3v) is 15.3. The van der Waals surface area contributed by atoms with E-state index in [4.69, 9.17) is 0 Å². The second-order valence-corrected chi connectivity index (χ2v) is 22.1. The number of nitrogens with one attached hydrogen (secondary N) is 1. The van der Waals surface area contributed by atoms with Crippen LogP contribution in [0.3, 0.4) is 0 Å². The summed E-state index contributed by atoms with van der Waals surface area (Å²) < 4.78 is 21.1. The first kappa shape index (κ1) is 54.8. The fraction of sp³-hybridized carbons (Fsp3) is 0.0704. The van der Waals surface area contributed by atoms with Crippen LogP contribution in [-0.2, 0) is 5.41 Å². The SMILES string of the molecule is Brc1cccc(-n2c3ccccc3c3ccccc32)c1.C.CC(C)(C)c1ccc2c(c1)c1ccccc1n2-c1cccc(-n2c3ccccc3c3ccccc32)c1.Fc1cccc(Br)c1.[H-].[Na+].c1ccc2c(c1)[nH]c1ccccc12. The number of fused-ring (bicyclic) bond motifs is 12. The van der Waals surface area contributed by atoms with Crippen LogP contribution < -0.4 is 29.6 Å². The Hall–Kier alpha value is -7.49. The van der Waals surface area contributed by atoms with Gasteiger partial charge in [0.15, 0.2) is 0 Å². The maximum atomic E-state index is 12.1. The summed E-state index contributed by atoms with van der Waals surface area (Å²) in [5.41, 5.74) is 14.8. The van der Waals surface area contributed by atoms with Gasteiger partial charge in [-0.3, -0.25) is 0 Å². The van der Waals surface area contributed by atoms with Crippen LogP contribution >= 0.6 is 31.9 Å². The van der Waals surface area contributed by atoms with Crippen molar-refractivity contribution in [3.63, 3.8) is 0 Å². The molecule has 0 bridgehead atoms. The van der Waals surface area contributed by atoms with Gasteiger partial charge < -0.3 is 20.1 Å². The molecule has 0 radical (unpaired) electrons. The van der Waals surface area contributed by atoms with E-state index in [-0.39, 0.29) is 49.6 Å². The second kappa shape index (κ2) is 23.5. The zero-order chi connectivity index (χ0) is 52.6. The molecule has 0 unspecified atom stereocenters. The first-order valence-electron chi connectivity index (χ1n) is 25.8. The molecule has 8 heteroatoms. The van der Waals surface area contributed by atoms with Crippen molar-refractivity contribution < 1.29 is 35.4 Å². The second-order valence-electron chi connectivity index (χ2n) is 20.2. The maximum Gasteiger partial charge on any atom is 1.00 e. The number of hydrogen-bond donors (Lipinski definition) is 1. The van der Waals surface area contributed by atoms with E-state index in [0.717, 1.165) is 8.95 Å². The standard InChI is InChI=1S/C34H28N2.C18H12BrN.C12H9N.C6H4BrF.CH4.Na.H/c1-34(2,3)23-19-20-33-29(21-23)28-15-6-9-18-32(28)36(33)25-12-10-11-24(22-25)35-30-16-7-4-13-26(30)27-14-5-8-17-31(27)35;19-13-6-5-7-14(12-13)20-17-10-3-1-8-15(17)16-9-2-4-11-18(16)20;1-3-7-11-9(5-1)10-6-2-4-8-12(10)13-11;7-5-2-1-3-6(8)4-5;;;/h4-22H,1-3H3;1-12H;1-8,13H;1-4H;1H4;;/q;;;;;+1;-1. The summed E-state index contributed by atoms with van der Waals surface area (Å²) in [6.07, 6.45) is 0. The van der Waals surface area contributed by atoms with Crippen LogP contribution in [0.25, 0.3) is 104 Å². The number of nitrogens with zero attached hydrogens (tertiary/aromatic N) is 3. The molecule has 1 N–H and O–H groups in total. The predicted molar refractivity (Wildman–Crippen MR) is 340 cm³/mol. The summed E-state index contributed by atoms with van der Waals surface area (Å²) >= 11 is 6.68. The number of aromatic amines is 1. The number of para-hydroxylation sites is 7. The van der Waals surface area contributed by atoms with Gasteiger partial charge in [0.25, 0.3) is 0 Å². The van der Waals surface area contributed by atoms with Crippen molar-refractivity contribution in [1.82, 2.24) is 18.7 Å². The molecule has 0 atom stereocenters. The van der Waals surface area contributed by atoms with Crippen LogP contribution in [0.15, 0.2) is 270 Å². The molecule has 4 nitrogen and oxygen atoms in total. The molecule has 79 heavy (non-hydrogen) atoms. The van der Waals surface area contributed by atoms with Crippen molar-refractivity contribution in [2.45, 2.75) is 33.6 Å². The molecule has 0 saturated carbocycles. The van der Waals surface area contributed by atoms with Crippen LogP contribution in [0.1, 0.15) is 35.2 Å². The van der Waals surface area contributed by atoms with Gasteiger partial charge in [0.05, 0.1) is 33.1 Å². The Morgan fingerprint density at radius 1 is 0.342 bits per heavy atom. The predicted octanol–water partition coefficient (Wildman–Crippen LogP) is 18.4. The number of halogens is 3. The molecule has 4 aromatic heterocycles. The van der Waals surface area contributed by atoms with Gasteiger partial charge in [-0.25, -0.2) is 4.39 Å². The summed E-state index contributed by atoms with van der Waals surface area (Å²) in [6.45, 7) is 6.84.